The van der Waals surface area contributed by atoms with E-state index in [2.05, 4.69) is 11.8 Å². The van der Waals surface area contributed by atoms with Gasteiger partial charge in [-0.25, -0.2) is 8.42 Å². The van der Waals surface area contributed by atoms with Crippen LogP contribution in [0.1, 0.15) is 13.3 Å². The average Bonchev–Trinajstić information content (AvgIpc) is 2.34. The van der Waals surface area contributed by atoms with Crippen LogP contribution in [0.15, 0.2) is 0 Å². The lowest BCUT2D eigenvalue weighted by atomic mass is 10.1. The average molecular weight is 295 g/mol. The largest absolute Gasteiger partial charge is 0.329 e. The summed E-state index contributed by atoms with van der Waals surface area (Å²) in [6.07, 6.45) is 2.37. The third kappa shape index (κ3) is 5.05. The van der Waals surface area contributed by atoms with Gasteiger partial charge in [0, 0.05) is 38.8 Å². The minimum absolute atomic E-state index is 0.394. The van der Waals surface area contributed by atoms with Crippen molar-refractivity contribution in [1.82, 2.24) is 9.21 Å². The molecule has 18 heavy (non-hydrogen) atoms. The molecule has 0 aromatic carbocycles. The van der Waals surface area contributed by atoms with Crippen molar-refractivity contribution in [3.63, 3.8) is 0 Å². The first-order chi connectivity index (χ1) is 8.49. The SMILES string of the molecule is CCSCCC(CN)N1CCN(S(C)(=O)=O)CC1. The zero-order chi connectivity index (χ0) is 13.6. The van der Waals surface area contributed by atoms with E-state index in [9.17, 15) is 8.42 Å². The van der Waals surface area contributed by atoms with Crippen molar-refractivity contribution >= 4 is 21.8 Å². The Morgan fingerprint density at radius 1 is 1.28 bits per heavy atom. The van der Waals surface area contributed by atoms with Crippen LogP contribution in [0.4, 0.5) is 0 Å². The number of thioether (sulfide) groups is 1. The van der Waals surface area contributed by atoms with Crippen molar-refractivity contribution < 1.29 is 8.42 Å². The predicted molar refractivity (Wildman–Crippen MR) is 78.4 cm³/mol. The Balaban J connectivity index is 2.40. The molecule has 1 heterocycles. The maximum absolute atomic E-state index is 11.4. The minimum atomic E-state index is -3.03. The minimum Gasteiger partial charge on any atom is -0.329 e. The monoisotopic (exact) mass is 295 g/mol. The van der Waals surface area contributed by atoms with Gasteiger partial charge in [0.15, 0.2) is 0 Å². The highest BCUT2D eigenvalue weighted by Gasteiger charge is 2.26. The molecule has 0 spiro atoms. The third-order valence-electron chi connectivity index (χ3n) is 3.33. The number of hydrogen-bond donors (Lipinski definition) is 1. The van der Waals surface area contributed by atoms with Crippen molar-refractivity contribution in [3.8, 4) is 0 Å². The van der Waals surface area contributed by atoms with Crippen LogP contribution in [-0.4, -0.2) is 74.2 Å². The normalized spacial score (nSPS) is 21.1. The van der Waals surface area contributed by atoms with Crippen LogP contribution in [0.3, 0.4) is 0 Å². The van der Waals surface area contributed by atoms with Gasteiger partial charge >= 0.3 is 0 Å². The molecule has 0 saturated carbocycles. The first kappa shape index (κ1) is 16.2. The molecule has 0 radical (unpaired) electrons. The molecule has 1 rings (SSSR count). The highest BCUT2D eigenvalue weighted by Crippen LogP contribution is 2.13. The van der Waals surface area contributed by atoms with Crippen LogP contribution >= 0.6 is 11.8 Å². The Morgan fingerprint density at radius 2 is 1.89 bits per heavy atom. The standard InChI is InChI=1S/C11H25N3O2S2/c1-3-17-9-4-11(10-12)13-5-7-14(8-6-13)18(2,15)16/h11H,3-10,12H2,1-2H3. The molecule has 0 aliphatic carbocycles. The zero-order valence-electron chi connectivity index (χ0n) is 11.3. The van der Waals surface area contributed by atoms with E-state index >= 15 is 0 Å². The summed E-state index contributed by atoms with van der Waals surface area (Å²) in [6, 6.07) is 0.394. The summed E-state index contributed by atoms with van der Waals surface area (Å²) in [5, 5.41) is 0. The van der Waals surface area contributed by atoms with Crippen molar-refractivity contribution in [2.45, 2.75) is 19.4 Å². The first-order valence-electron chi connectivity index (χ1n) is 6.46. The van der Waals surface area contributed by atoms with Gasteiger partial charge in [-0.3, -0.25) is 4.90 Å². The second-order valence-corrected chi connectivity index (χ2v) is 7.95. The fourth-order valence-electron chi connectivity index (χ4n) is 2.21. The van der Waals surface area contributed by atoms with Gasteiger partial charge in [0.1, 0.15) is 0 Å². The smallest absolute Gasteiger partial charge is 0.211 e. The molecule has 1 fully saturated rings. The lowest BCUT2D eigenvalue weighted by molar-refractivity contribution is 0.138. The Bertz CT molecular complexity index is 327. The molecule has 0 aromatic rings. The van der Waals surface area contributed by atoms with Crippen LogP contribution < -0.4 is 5.73 Å². The zero-order valence-corrected chi connectivity index (χ0v) is 13.0. The van der Waals surface area contributed by atoms with Crippen LogP contribution in [0.2, 0.25) is 0 Å². The number of hydrogen-bond acceptors (Lipinski definition) is 5. The Labute approximate surface area is 115 Å². The molecular formula is C11H25N3O2S2. The fourth-order valence-corrected chi connectivity index (χ4v) is 3.77. The lowest BCUT2D eigenvalue weighted by Crippen LogP contribution is -2.53. The number of rotatable bonds is 7. The van der Waals surface area contributed by atoms with Crippen molar-refractivity contribution in [3.05, 3.63) is 0 Å². The molecule has 7 heteroatoms. The van der Waals surface area contributed by atoms with Crippen LogP contribution in [0.5, 0.6) is 0 Å². The highest BCUT2D eigenvalue weighted by atomic mass is 32.2. The van der Waals surface area contributed by atoms with Crippen LogP contribution in [0.25, 0.3) is 0 Å². The second-order valence-electron chi connectivity index (χ2n) is 4.57. The second kappa shape index (κ2) is 7.69. The summed E-state index contributed by atoms with van der Waals surface area (Å²) >= 11 is 1.93. The number of sulfonamides is 1. The molecule has 0 amide bonds. The quantitative estimate of drug-likeness (QED) is 0.672. The summed E-state index contributed by atoms with van der Waals surface area (Å²) in [5.74, 6) is 2.27. The molecular weight excluding hydrogens is 270 g/mol. The van der Waals surface area contributed by atoms with Gasteiger partial charge in [0.05, 0.1) is 6.26 Å². The molecule has 108 valence electrons. The summed E-state index contributed by atoms with van der Waals surface area (Å²) < 4.78 is 24.4. The van der Waals surface area contributed by atoms with Crippen molar-refractivity contribution in [2.24, 2.45) is 5.73 Å². The lowest BCUT2D eigenvalue weighted by Gasteiger charge is -2.38. The van der Waals surface area contributed by atoms with Gasteiger partial charge in [-0.1, -0.05) is 6.92 Å². The molecule has 1 unspecified atom stereocenters. The van der Waals surface area contributed by atoms with Gasteiger partial charge in [-0.2, -0.15) is 16.1 Å². The van der Waals surface area contributed by atoms with E-state index in [-0.39, 0.29) is 0 Å². The Morgan fingerprint density at radius 3 is 2.33 bits per heavy atom. The van der Waals surface area contributed by atoms with Gasteiger partial charge < -0.3 is 5.73 Å². The van der Waals surface area contributed by atoms with Gasteiger partial charge in [-0.05, 0) is 17.9 Å². The van der Waals surface area contributed by atoms with E-state index in [0.29, 0.717) is 25.7 Å². The summed E-state index contributed by atoms with van der Waals surface area (Å²) in [5.41, 5.74) is 5.82. The fraction of sp³-hybridized carbons (Fsp3) is 1.00. The molecule has 1 aliphatic rings. The molecule has 1 saturated heterocycles. The topological polar surface area (TPSA) is 66.6 Å². The summed E-state index contributed by atoms with van der Waals surface area (Å²) in [7, 11) is -3.03. The van der Waals surface area contributed by atoms with E-state index in [1.165, 1.54) is 6.26 Å². The highest BCUT2D eigenvalue weighted by molar-refractivity contribution is 7.99. The molecule has 5 nitrogen and oxygen atoms in total. The maximum atomic E-state index is 11.4. The summed E-state index contributed by atoms with van der Waals surface area (Å²) in [6.45, 7) is 5.60. The van der Waals surface area contributed by atoms with Crippen LogP contribution in [-0.2, 0) is 10.0 Å². The number of nitrogens with two attached hydrogens (primary N) is 1. The molecule has 0 bridgehead atoms. The first-order valence-corrected chi connectivity index (χ1v) is 9.46. The molecule has 0 aromatic heterocycles. The Hall–Kier alpha value is 0.180. The van der Waals surface area contributed by atoms with Crippen molar-refractivity contribution in [1.29, 1.82) is 0 Å². The molecule has 2 N–H and O–H groups in total. The van der Waals surface area contributed by atoms with Gasteiger partial charge in [-0.15, -0.1) is 0 Å². The van der Waals surface area contributed by atoms with E-state index < -0.39 is 10.0 Å². The van der Waals surface area contributed by atoms with Crippen LogP contribution in [0, 0.1) is 0 Å². The predicted octanol–water partition coefficient (Wildman–Crippen LogP) is 0.0341. The van der Waals surface area contributed by atoms with E-state index in [0.717, 1.165) is 31.0 Å². The Kier molecular flexibility index (Phi) is 6.94. The molecule has 1 aliphatic heterocycles. The maximum Gasteiger partial charge on any atom is 0.211 e. The summed E-state index contributed by atoms with van der Waals surface area (Å²) in [4.78, 5) is 2.33. The van der Waals surface area contributed by atoms with Crippen molar-refractivity contribution in [2.75, 3.05) is 50.5 Å². The molecule has 1 atom stereocenters. The van der Waals surface area contributed by atoms with Gasteiger partial charge in [0.25, 0.3) is 0 Å². The number of nitrogens with zero attached hydrogens (tertiary/aromatic N) is 2. The van der Waals surface area contributed by atoms with E-state index in [4.69, 9.17) is 5.73 Å². The van der Waals surface area contributed by atoms with E-state index in [1.807, 2.05) is 11.8 Å². The third-order valence-corrected chi connectivity index (χ3v) is 5.57. The van der Waals surface area contributed by atoms with Gasteiger partial charge in [0.2, 0.25) is 10.0 Å². The van der Waals surface area contributed by atoms with E-state index in [1.54, 1.807) is 4.31 Å². The number of piperazine rings is 1.